The third-order valence-corrected chi connectivity index (χ3v) is 9.57. The molecule has 0 unspecified atom stereocenters. The van der Waals surface area contributed by atoms with Crippen molar-refractivity contribution in [2.45, 2.75) is 0 Å². The van der Waals surface area contributed by atoms with Crippen LogP contribution < -0.4 is 4.90 Å². The van der Waals surface area contributed by atoms with E-state index in [1.807, 2.05) is 30.5 Å². The zero-order chi connectivity index (χ0) is 32.3. The third-order valence-electron chi connectivity index (χ3n) is 9.57. The molecule has 0 saturated carbocycles. The van der Waals surface area contributed by atoms with Crippen LogP contribution in [0.2, 0.25) is 0 Å². The number of para-hydroxylation sites is 1. The fourth-order valence-electron chi connectivity index (χ4n) is 7.17. The van der Waals surface area contributed by atoms with Gasteiger partial charge in [-0.2, -0.15) is 0 Å². The van der Waals surface area contributed by atoms with E-state index in [0.29, 0.717) is 0 Å². The van der Waals surface area contributed by atoms with E-state index in [2.05, 4.69) is 143 Å². The van der Waals surface area contributed by atoms with Crippen LogP contribution in [0.1, 0.15) is 0 Å². The zero-order valence-electron chi connectivity index (χ0n) is 26.4. The van der Waals surface area contributed by atoms with E-state index in [9.17, 15) is 0 Å². The predicted molar refractivity (Wildman–Crippen MR) is 202 cm³/mol. The number of anilines is 3. The fraction of sp³-hybridized carbons (Fsp3) is 0. The maximum absolute atomic E-state index is 6.19. The number of fused-ring (bicyclic) bond motifs is 7. The molecule has 4 heteroatoms. The first-order chi connectivity index (χ1) is 24.3. The molecular formula is C45H28N2O2. The summed E-state index contributed by atoms with van der Waals surface area (Å²) in [5.41, 5.74) is 11.3. The zero-order valence-corrected chi connectivity index (χ0v) is 26.4. The molecule has 0 aliphatic heterocycles. The lowest BCUT2D eigenvalue weighted by Crippen LogP contribution is -2.09. The molecule has 3 heterocycles. The van der Waals surface area contributed by atoms with Gasteiger partial charge < -0.3 is 13.7 Å². The summed E-state index contributed by atoms with van der Waals surface area (Å²) >= 11 is 0. The Balaban J connectivity index is 1.08. The van der Waals surface area contributed by atoms with Gasteiger partial charge in [0, 0.05) is 51.0 Å². The van der Waals surface area contributed by atoms with Gasteiger partial charge in [-0.05, 0) is 99.8 Å². The van der Waals surface area contributed by atoms with E-state index in [0.717, 1.165) is 72.1 Å². The van der Waals surface area contributed by atoms with Crippen molar-refractivity contribution in [1.82, 2.24) is 4.98 Å². The number of hydrogen-bond acceptors (Lipinski definition) is 4. The SMILES string of the molecule is c1ccc2c(-c3ccc(N(c4ccc(-c5ccc6oc7ccncc7c6c5)cc4)c4ccc5oc6ccccc6c5c4)cc3)cccc2c1. The highest BCUT2D eigenvalue weighted by atomic mass is 16.3. The second-order valence-electron chi connectivity index (χ2n) is 12.4. The molecule has 0 spiro atoms. The Kier molecular flexibility index (Phi) is 6.15. The minimum absolute atomic E-state index is 0.849. The number of pyridine rings is 1. The van der Waals surface area contributed by atoms with Gasteiger partial charge in [-0.3, -0.25) is 4.98 Å². The number of rotatable bonds is 5. The van der Waals surface area contributed by atoms with Crippen LogP contribution in [0.25, 0.3) is 76.9 Å². The highest BCUT2D eigenvalue weighted by molar-refractivity contribution is 6.07. The van der Waals surface area contributed by atoms with Crippen LogP contribution in [0.5, 0.6) is 0 Å². The Morgan fingerprint density at radius 3 is 1.80 bits per heavy atom. The summed E-state index contributed by atoms with van der Waals surface area (Å²) in [4.78, 5) is 6.64. The largest absolute Gasteiger partial charge is 0.456 e. The lowest BCUT2D eigenvalue weighted by Gasteiger charge is -2.26. The van der Waals surface area contributed by atoms with E-state index in [-0.39, 0.29) is 0 Å². The van der Waals surface area contributed by atoms with E-state index < -0.39 is 0 Å². The third kappa shape index (κ3) is 4.57. The Morgan fingerprint density at radius 1 is 0.388 bits per heavy atom. The van der Waals surface area contributed by atoms with Gasteiger partial charge in [0.2, 0.25) is 0 Å². The summed E-state index contributed by atoms with van der Waals surface area (Å²) in [6.07, 6.45) is 3.64. The van der Waals surface area contributed by atoms with Crippen LogP contribution in [-0.4, -0.2) is 4.98 Å². The molecule has 10 rings (SSSR count). The van der Waals surface area contributed by atoms with Crippen LogP contribution in [0, 0.1) is 0 Å². The van der Waals surface area contributed by atoms with Crippen molar-refractivity contribution in [1.29, 1.82) is 0 Å². The Bertz CT molecular complexity index is 2820. The molecule has 0 fully saturated rings. The maximum Gasteiger partial charge on any atom is 0.138 e. The number of furan rings is 2. The molecule has 0 amide bonds. The van der Waals surface area contributed by atoms with E-state index >= 15 is 0 Å². The molecule has 0 atom stereocenters. The van der Waals surface area contributed by atoms with Gasteiger partial charge >= 0.3 is 0 Å². The molecule has 0 bridgehead atoms. The summed E-state index contributed by atoms with van der Waals surface area (Å²) in [6, 6.07) is 55.7. The molecule has 3 aromatic heterocycles. The van der Waals surface area contributed by atoms with Gasteiger partial charge in [0.1, 0.15) is 22.3 Å². The summed E-state index contributed by atoms with van der Waals surface area (Å²) in [5, 5.41) is 6.79. The summed E-state index contributed by atoms with van der Waals surface area (Å²) < 4.78 is 12.2. The Hall–Kier alpha value is -6.65. The topological polar surface area (TPSA) is 42.4 Å². The minimum Gasteiger partial charge on any atom is -0.456 e. The first-order valence-corrected chi connectivity index (χ1v) is 16.4. The molecule has 0 N–H and O–H groups in total. The minimum atomic E-state index is 0.849. The highest BCUT2D eigenvalue weighted by Crippen LogP contribution is 2.41. The van der Waals surface area contributed by atoms with E-state index in [1.165, 1.54) is 21.9 Å². The maximum atomic E-state index is 6.19. The quantitative estimate of drug-likeness (QED) is 0.190. The lowest BCUT2D eigenvalue weighted by atomic mass is 9.98. The van der Waals surface area contributed by atoms with Crippen molar-refractivity contribution in [2.75, 3.05) is 4.90 Å². The van der Waals surface area contributed by atoms with Crippen molar-refractivity contribution in [2.24, 2.45) is 0 Å². The van der Waals surface area contributed by atoms with Crippen molar-refractivity contribution in [3.05, 3.63) is 170 Å². The van der Waals surface area contributed by atoms with Crippen molar-refractivity contribution < 1.29 is 8.83 Å². The average molecular weight is 629 g/mol. The summed E-state index contributed by atoms with van der Waals surface area (Å²) in [6.45, 7) is 0. The van der Waals surface area contributed by atoms with Crippen molar-refractivity contribution in [3.63, 3.8) is 0 Å². The first kappa shape index (κ1) is 27.5. The highest BCUT2D eigenvalue weighted by Gasteiger charge is 2.17. The molecule has 0 aliphatic rings. The normalized spacial score (nSPS) is 11.7. The number of nitrogens with zero attached hydrogens (tertiary/aromatic N) is 2. The van der Waals surface area contributed by atoms with Crippen molar-refractivity contribution in [3.8, 4) is 22.3 Å². The Labute approximate surface area is 282 Å². The van der Waals surface area contributed by atoms with Crippen LogP contribution in [0.15, 0.2) is 179 Å². The molecule has 49 heavy (non-hydrogen) atoms. The Morgan fingerprint density at radius 2 is 0.980 bits per heavy atom. The second kappa shape index (κ2) is 11.0. The smallest absolute Gasteiger partial charge is 0.138 e. The molecule has 4 nitrogen and oxygen atoms in total. The molecule has 0 radical (unpaired) electrons. The van der Waals surface area contributed by atoms with E-state index in [4.69, 9.17) is 8.83 Å². The molecule has 7 aromatic carbocycles. The molecule has 10 aromatic rings. The lowest BCUT2D eigenvalue weighted by molar-refractivity contribution is 0.668. The first-order valence-electron chi connectivity index (χ1n) is 16.4. The number of benzene rings is 7. The molecular weight excluding hydrogens is 601 g/mol. The molecule has 230 valence electrons. The van der Waals surface area contributed by atoms with Gasteiger partial charge in [0.15, 0.2) is 0 Å². The van der Waals surface area contributed by atoms with Crippen LogP contribution in [0.4, 0.5) is 17.1 Å². The van der Waals surface area contributed by atoms with Crippen LogP contribution in [0.3, 0.4) is 0 Å². The monoisotopic (exact) mass is 628 g/mol. The van der Waals surface area contributed by atoms with Gasteiger partial charge in [0.05, 0.1) is 0 Å². The molecule has 0 aliphatic carbocycles. The van der Waals surface area contributed by atoms with Gasteiger partial charge in [0.25, 0.3) is 0 Å². The van der Waals surface area contributed by atoms with Gasteiger partial charge in [-0.25, -0.2) is 0 Å². The van der Waals surface area contributed by atoms with Gasteiger partial charge in [-0.15, -0.1) is 0 Å². The van der Waals surface area contributed by atoms with Crippen LogP contribution in [-0.2, 0) is 0 Å². The van der Waals surface area contributed by atoms with Crippen LogP contribution >= 0.6 is 0 Å². The predicted octanol–water partition coefficient (Wildman–Crippen LogP) is 12.8. The standard InChI is InChI=1S/C45H28N2O2/c1-2-8-36-30(6-1)7-5-10-37(36)31-14-19-34(20-15-31)47(35-21-23-44-40(27-35)38-9-3-4-11-42(38)48-44)33-17-12-29(13-18-33)32-16-22-43-39(26-32)41-28-46-25-24-45(41)49-43/h1-28H. The van der Waals surface area contributed by atoms with E-state index in [1.54, 1.807) is 6.20 Å². The molecule has 0 saturated heterocycles. The summed E-state index contributed by atoms with van der Waals surface area (Å²) in [7, 11) is 0. The fourth-order valence-corrected chi connectivity index (χ4v) is 7.17. The number of hydrogen-bond donors (Lipinski definition) is 0. The summed E-state index contributed by atoms with van der Waals surface area (Å²) in [5.74, 6) is 0. The number of aromatic nitrogens is 1. The van der Waals surface area contributed by atoms with Gasteiger partial charge in [-0.1, -0.05) is 91.0 Å². The second-order valence-corrected chi connectivity index (χ2v) is 12.4. The van der Waals surface area contributed by atoms with Crippen molar-refractivity contribution >= 4 is 71.7 Å². The average Bonchev–Trinajstić information content (AvgIpc) is 3.73.